The second kappa shape index (κ2) is 7.15. The molecular weight excluding hydrogens is 258 g/mol. The number of rotatable bonds is 6. The number of amides is 1. The zero-order valence-electron chi connectivity index (χ0n) is 10.3. The molecule has 1 amide bonds. The fourth-order valence-corrected chi connectivity index (χ4v) is 1.49. The number of hydrogen-bond acceptors (Lipinski definition) is 5. The van der Waals surface area contributed by atoms with Gasteiger partial charge < -0.3 is 20.5 Å². The van der Waals surface area contributed by atoms with Crippen molar-refractivity contribution in [1.82, 2.24) is 10.3 Å². The Hall–Kier alpha value is -1.37. The lowest BCUT2D eigenvalue weighted by Crippen LogP contribution is -2.35. The molecule has 0 bridgehead atoms. The number of pyridine rings is 1. The first kappa shape index (κ1) is 14.7. The van der Waals surface area contributed by atoms with Crippen molar-refractivity contribution < 1.29 is 14.3 Å². The van der Waals surface area contributed by atoms with E-state index in [2.05, 4.69) is 10.3 Å². The molecule has 3 N–H and O–H groups in total. The third-order valence-corrected chi connectivity index (χ3v) is 2.53. The van der Waals surface area contributed by atoms with E-state index in [-0.39, 0.29) is 22.9 Å². The normalized spacial score (nSPS) is 12.2. The van der Waals surface area contributed by atoms with Gasteiger partial charge in [-0.3, -0.25) is 4.79 Å². The average molecular weight is 274 g/mol. The number of nitrogens with one attached hydrogen (secondary N) is 1. The van der Waals surface area contributed by atoms with E-state index in [0.29, 0.717) is 18.7 Å². The Morgan fingerprint density at radius 2 is 2.33 bits per heavy atom. The van der Waals surface area contributed by atoms with Crippen molar-refractivity contribution in [2.24, 2.45) is 0 Å². The molecule has 1 rings (SSSR count). The van der Waals surface area contributed by atoms with Crippen LogP contribution < -0.4 is 11.1 Å². The highest BCUT2D eigenvalue weighted by Crippen LogP contribution is 2.14. The maximum Gasteiger partial charge on any atom is 0.253 e. The van der Waals surface area contributed by atoms with Gasteiger partial charge in [0.15, 0.2) is 0 Å². The quantitative estimate of drug-likeness (QED) is 0.746. The van der Waals surface area contributed by atoms with E-state index in [9.17, 15) is 4.79 Å². The van der Waals surface area contributed by atoms with Gasteiger partial charge in [0.25, 0.3) is 5.91 Å². The highest BCUT2D eigenvalue weighted by molar-refractivity contribution is 6.29. The van der Waals surface area contributed by atoms with E-state index in [0.717, 1.165) is 0 Å². The summed E-state index contributed by atoms with van der Waals surface area (Å²) in [6, 6.07) is 1.42. The topological polar surface area (TPSA) is 86.5 Å². The van der Waals surface area contributed by atoms with Crippen LogP contribution in [0.5, 0.6) is 0 Å². The molecule has 7 heteroatoms. The molecule has 0 saturated heterocycles. The Balaban J connectivity index is 2.62. The maximum absolute atomic E-state index is 11.9. The summed E-state index contributed by atoms with van der Waals surface area (Å²) >= 11 is 5.71. The minimum Gasteiger partial charge on any atom is -0.397 e. The van der Waals surface area contributed by atoms with Crippen molar-refractivity contribution in [2.45, 2.75) is 6.10 Å². The molecule has 1 heterocycles. The number of nitrogens with two attached hydrogens (primary N) is 1. The Kier molecular flexibility index (Phi) is 5.84. The zero-order chi connectivity index (χ0) is 13.5. The third-order valence-electron chi connectivity index (χ3n) is 2.32. The van der Waals surface area contributed by atoms with Gasteiger partial charge in [0, 0.05) is 20.8 Å². The molecular formula is C11H16ClN3O3. The number of aromatic nitrogens is 1. The largest absolute Gasteiger partial charge is 0.397 e. The molecule has 0 aliphatic carbocycles. The number of carbonyl (C=O) groups is 1. The van der Waals surface area contributed by atoms with Crippen molar-refractivity contribution in [3.05, 3.63) is 23.0 Å². The maximum atomic E-state index is 11.9. The fraction of sp³-hybridized carbons (Fsp3) is 0.455. The van der Waals surface area contributed by atoms with Crippen LogP contribution >= 0.6 is 11.6 Å². The Bertz CT molecular complexity index is 415. The predicted molar refractivity (Wildman–Crippen MR) is 68.7 cm³/mol. The molecule has 0 spiro atoms. The van der Waals surface area contributed by atoms with E-state index >= 15 is 0 Å². The summed E-state index contributed by atoms with van der Waals surface area (Å²) in [5.74, 6) is -0.324. The monoisotopic (exact) mass is 273 g/mol. The molecule has 100 valence electrons. The van der Waals surface area contributed by atoms with E-state index in [1.807, 2.05) is 0 Å². The van der Waals surface area contributed by atoms with Crippen LogP contribution in [0.1, 0.15) is 10.4 Å². The first-order valence-corrected chi connectivity index (χ1v) is 5.67. The van der Waals surface area contributed by atoms with Crippen LogP contribution in [0.3, 0.4) is 0 Å². The van der Waals surface area contributed by atoms with Crippen LogP contribution in [0.4, 0.5) is 5.69 Å². The second-order valence-electron chi connectivity index (χ2n) is 3.62. The minimum absolute atomic E-state index is 0.211. The average Bonchev–Trinajstić information content (AvgIpc) is 2.37. The Morgan fingerprint density at radius 3 is 2.94 bits per heavy atom. The van der Waals surface area contributed by atoms with Crippen molar-refractivity contribution in [1.29, 1.82) is 0 Å². The van der Waals surface area contributed by atoms with Crippen molar-refractivity contribution in [3.8, 4) is 0 Å². The van der Waals surface area contributed by atoms with E-state index in [1.165, 1.54) is 12.3 Å². The lowest BCUT2D eigenvalue weighted by Gasteiger charge is -2.15. The molecule has 0 aromatic carbocycles. The van der Waals surface area contributed by atoms with Crippen molar-refractivity contribution in [2.75, 3.05) is 33.1 Å². The highest BCUT2D eigenvalue weighted by atomic mass is 35.5. The standard InChI is InChI=1S/C11H16ClN3O3/c1-17-6-7(18-2)4-15-11(16)8-3-10(12)14-5-9(8)13/h3,5,7H,4,6,13H2,1-2H3,(H,15,16). The second-order valence-corrected chi connectivity index (χ2v) is 4.00. The number of anilines is 1. The molecule has 1 atom stereocenters. The van der Waals surface area contributed by atoms with E-state index in [1.54, 1.807) is 14.2 Å². The van der Waals surface area contributed by atoms with Gasteiger partial charge in [-0.25, -0.2) is 4.98 Å². The lowest BCUT2D eigenvalue weighted by atomic mass is 10.2. The predicted octanol–water partition coefficient (Wildman–Crippen LogP) is 0.708. The molecule has 1 unspecified atom stereocenters. The number of halogens is 1. The molecule has 1 aromatic rings. The SMILES string of the molecule is COCC(CNC(=O)c1cc(Cl)ncc1N)OC. The summed E-state index contributed by atoms with van der Waals surface area (Å²) in [5.41, 5.74) is 6.22. The molecule has 0 aliphatic heterocycles. The van der Waals surface area contributed by atoms with E-state index < -0.39 is 0 Å². The lowest BCUT2D eigenvalue weighted by molar-refractivity contribution is 0.0285. The van der Waals surface area contributed by atoms with Gasteiger partial charge >= 0.3 is 0 Å². The molecule has 6 nitrogen and oxygen atoms in total. The summed E-state index contributed by atoms with van der Waals surface area (Å²) in [6.45, 7) is 0.714. The van der Waals surface area contributed by atoms with Crippen LogP contribution in [-0.2, 0) is 9.47 Å². The Labute approximate surface area is 110 Å². The van der Waals surface area contributed by atoms with Gasteiger partial charge in [-0.15, -0.1) is 0 Å². The number of carbonyl (C=O) groups excluding carboxylic acids is 1. The fourth-order valence-electron chi connectivity index (χ4n) is 1.34. The number of methoxy groups -OCH3 is 2. The minimum atomic E-state index is -0.324. The smallest absolute Gasteiger partial charge is 0.253 e. The van der Waals surface area contributed by atoms with Gasteiger partial charge in [0.05, 0.1) is 30.2 Å². The van der Waals surface area contributed by atoms with Gasteiger partial charge in [-0.1, -0.05) is 11.6 Å². The zero-order valence-corrected chi connectivity index (χ0v) is 11.0. The van der Waals surface area contributed by atoms with Gasteiger partial charge in [-0.2, -0.15) is 0 Å². The first-order chi connectivity index (χ1) is 8.58. The molecule has 0 saturated carbocycles. The summed E-state index contributed by atoms with van der Waals surface area (Å²) in [5, 5.41) is 2.91. The van der Waals surface area contributed by atoms with Crippen molar-refractivity contribution in [3.63, 3.8) is 0 Å². The van der Waals surface area contributed by atoms with Crippen LogP contribution in [0.2, 0.25) is 5.15 Å². The van der Waals surface area contributed by atoms with Crippen LogP contribution in [-0.4, -0.2) is 44.4 Å². The molecule has 18 heavy (non-hydrogen) atoms. The van der Waals surface area contributed by atoms with Gasteiger partial charge in [0.1, 0.15) is 5.15 Å². The summed E-state index contributed by atoms with van der Waals surface area (Å²) in [4.78, 5) is 15.6. The highest BCUT2D eigenvalue weighted by Gasteiger charge is 2.13. The van der Waals surface area contributed by atoms with E-state index in [4.69, 9.17) is 26.8 Å². The number of ether oxygens (including phenoxy) is 2. The van der Waals surface area contributed by atoms with Crippen LogP contribution in [0.25, 0.3) is 0 Å². The molecule has 0 aliphatic rings. The van der Waals surface area contributed by atoms with Gasteiger partial charge in [0.2, 0.25) is 0 Å². The van der Waals surface area contributed by atoms with Crippen molar-refractivity contribution >= 4 is 23.2 Å². The number of nitrogen functional groups attached to an aromatic ring is 1. The molecule has 0 fully saturated rings. The number of hydrogen-bond donors (Lipinski definition) is 2. The molecule has 0 radical (unpaired) electrons. The summed E-state index contributed by atoms with van der Waals surface area (Å²) in [6.07, 6.45) is 1.14. The van der Waals surface area contributed by atoms with Crippen LogP contribution in [0, 0.1) is 0 Å². The third kappa shape index (κ3) is 4.14. The summed E-state index contributed by atoms with van der Waals surface area (Å²) in [7, 11) is 3.11. The molecule has 1 aromatic heterocycles. The summed E-state index contributed by atoms with van der Waals surface area (Å²) < 4.78 is 10.1. The first-order valence-electron chi connectivity index (χ1n) is 5.29. The Morgan fingerprint density at radius 1 is 1.61 bits per heavy atom. The van der Waals surface area contributed by atoms with Gasteiger partial charge in [-0.05, 0) is 6.07 Å². The van der Waals surface area contributed by atoms with Crippen LogP contribution in [0.15, 0.2) is 12.3 Å². The number of nitrogens with zero attached hydrogens (tertiary/aromatic N) is 1.